The number of nitrogens with zero attached hydrogens (tertiary/aromatic N) is 1. The molecule has 1 aliphatic carbocycles. The van der Waals surface area contributed by atoms with E-state index in [1.165, 1.54) is 0 Å². The van der Waals surface area contributed by atoms with Crippen LogP contribution in [-0.2, 0) is 6.67 Å². The molecule has 1 fully saturated rings. The summed E-state index contributed by atoms with van der Waals surface area (Å²) in [5.41, 5.74) is 3.00. The van der Waals surface area contributed by atoms with Gasteiger partial charge in [0.05, 0.1) is 16.3 Å². The first kappa shape index (κ1) is 19.6. The second-order valence-corrected chi connectivity index (χ2v) is 7.68. The summed E-state index contributed by atoms with van der Waals surface area (Å²) in [6.07, 6.45) is 7.23. The van der Waals surface area contributed by atoms with E-state index in [-0.39, 0.29) is 11.9 Å². The molecule has 6 heteroatoms. The van der Waals surface area contributed by atoms with Crippen molar-refractivity contribution in [2.24, 2.45) is 5.92 Å². The SMILES string of the molecule is Cc1ccc(Cl)c(C(=O)NC2CCC(CNc3cncc(CF)c3)CC2)c1. The molecule has 27 heavy (non-hydrogen) atoms. The van der Waals surface area contributed by atoms with E-state index in [1.807, 2.05) is 19.1 Å². The highest BCUT2D eigenvalue weighted by molar-refractivity contribution is 6.33. The third-order valence-electron chi connectivity index (χ3n) is 5.09. The van der Waals surface area contributed by atoms with Crippen molar-refractivity contribution in [3.05, 3.63) is 58.4 Å². The molecule has 0 saturated heterocycles. The number of hydrogen-bond acceptors (Lipinski definition) is 3. The molecule has 4 nitrogen and oxygen atoms in total. The molecule has 0 unspecified atom stereocenters. The Morgan fingerprint density at radius 3 is 2.74 bits per heavy atom. The highest BCUT2D eigenvalue weighted by Crippen LogP contribution is 2.26. The largest absolute Gasteiger partial charge is 0.384 e. The minimum Gasteiger partial charge on any atom is -0.384 e. The average molecular weight is 390 g/mol. The van der Waals surface area contributed by atoms with Gasteiger partial charge in [-0.3, -0.25) is 9.78 Å². The van der Waals surface area contributed by atoms with Gasteiger partial charge in [0.25, 0.3) is 5.91 Å². The van der Waals surface area contributed by atoms with Crippen LogP contribution in [0.25, 0.3) is 0 Å². The Morgan fingerprint density at radius 1 is 1.22 bits per heavy atom. The molecule has 1 heterocycles. The molecule has 0 bridgehead atoms. The fraction of sp³-hybridized carbons (Fsp3) is 0.429. The van der Waals surface area contributed by atoms with Gasteiger partial charge in [-0.15, -0.1) is 0 Å². The lowest BCUT2D eigenvalue weighted by atomic mass is 9.86. The minimum atomic E-state index is -0.502. The van der Waals surface area contributed by atoms with Crippen molar-refractivity contribution in [1.82, 2.24) is 10.3 Å². The van der Waals surface area contributed by atoms with Crippen molar-refractivity contribution in [3.8, 4) is 0 Å². The summed E-state index contributed by atoms with van der Waals surface area (Å²) < 4.78 is 12.7. The van der Waals surface area contributed by atoms with E-state index >= 15 is 0 Å². The molecule has 2 aromatic rings. The maximum absolute atomic E-state index is 12.7. The van der Waals surface area contributed by atoms with Crippen LogP contribution >= 0.6 is 11.6 Å². The van der Waals surface area contributed by atoms with Gasteiger partial charge in [0.1, 0.15) is 6.67 Å². The van der Waals surface area contributed by atoms with Crippen LogP contribution in [0.15, 0.2) is 36.7 Å². The van der Waals surface area contributed by atoms with Crippen molar-refractivity contribution in [3.63, 3.8) is 0 Å². The van der Waals surface area contributed by atoms with Gasteiger partial charge in [-0.25, -0.2) is 4.39 Å². The molecule has 1 aromatic heterocycles. The molecule has 3 rings (SSSR count). The van der Waals surface area contributed by atoms with E-state index < -0.39 is 6.67 Å². The number of benzene rings is 1. The smallest absolute Gasteiger partial charge is 0.253 e. The molecule has 1 saturated carbocycles. The summed E-state index contributed by atoms with van der Waals surface area (Å²) in [6.45, 7) is 2.28. The van der Waals surface area contributed by atoms with Crippen molar-refractivity contribution >= 4 is 23.2 Å². The van der Waals surface area contributed by atoms with Crippen LogP contribution < -0.4 is 10.6 Å². The van der Waals surface area contributed by atoms with Gasteiger partial charge in [0, 0.05) is 30.5 Å². The predicted molar refractivity (Wildman–Crippen MR) is 107 cm³/mol. The molecule has 144 valence electrons. The van der Waals surface area contributed by atoms with Crippen LogP contribution in [-0.4, -0.2) is 23.5 Å². The lowest BCUT2D eigenvalue weighted by molar-refractivity contribution is 0.0923. The van der Waals surface area contributed by atoms with Gasteiger partial charge in [-0.2, -0.15) is 0 Å². The minimum absolute atomic E-state index is 0.0978. The molecule has 0 aliphatic heterocycles. The normalized spacial score (nSPS) is 19.5. The number of carbonyl (C=O) groups excluding carboxylic acids is 1. The topological polar surface area (TPSA) is 54.0 Å². The maximum Gasteiger partial charge on any atom is 0.253 e. The van der Waals surface area contributed by atoms with E-state index in [9.17, 15) is 9.18 Å². The van der Waals surface area contributed by atoms with Crippen molar-refractivity contribution in [1.29, 1.82) is 0 Å². The number of aryl methyl sites for hydroxylation is 1. The number of pyridine rings is 1. The van der Waals surface area contributed by atoms with Crippen LogP contribution in [0.5, 0.6) is 0 Å². The summed E-state index contributed by atoms with van der Waals surface area (Å²) in [5.74, 6) is 0.439. The second kappa shape index (κ2) is 9.18. The van der Waals surface area contributed by atoms with E-state index in [0.29, 0.717) is 22.1 Å². The van der Waals surface area contributed by atoms with Crippen molar-refractivity contribution in [2.45, 2.75) is 45.3 Å². The van der Waals surface area contributed by atoms with Gasteiger partial charge in [0.2, 0.25) is 0 Å². The van der Waals surface area contributed by atoms with E-state index in [2.05, 4.69) is 15.6 Å². The molecule has 0 spiro atoms. The van der Waals surface area contributed by atoms with Gasteiger partial charge < -0.3 is 10.6 Å². The van der Waals surface area contributed by atoms with Gasteiger partial charge in [0.15, 0.2) is 0 Å². The standard InChI is InChI=1S/C21H25ClFN3O/c1-14-2-7-20(22)19(8-14)21(27)26-17-5-3-15(4-6-17)12-25-18-9-16(10-23)11-24-13-18/h2,7-9,11,13,15,17,25H,3-6,10,12H2,1H3,(H,26,27). The number of alkyl halides is 1. The predicted octanol–water partition coefficient (Wildman–Crippen LogP) is 4.91. The first-order valence-corrected chi connectivity index (χ1v) is 9.73. The maximum atomic E-state index is 12.7. The van der Waals surface area contributed by atoms with Gasteiger partial charge in [-0.05, 0) is 56.7 Å². The zero-order chi connectivity index (χ0) is 19.2. The molecule has 1 amide bonds. The number of carbonyl (C=O) groups is 1. The first-order valence-electron chi connectivity index (χ1n) is 9.36. The second-order valence-electron chi connectivity index (χ2n) is 7.27. The van der Waals surface area contributed by atoms with E-state index in [0.717, 1.165) is 43.5 Å². The Morgan fingerprint density at radius 2 is 2.00 bits per heavy atom. The third-order valence-corrected chi connectivity index (χ3v) is 5.42. The zero-order valence-electron chi connectivity index (χ0n) is 15.5. The monoisotopic (exact) mass is 389 g/mol. The lowest BCUT2D eigenvalue weighted by Crippen LogP contribution is -2.38. The molecule has 1 aromatic carbocycles. The molecule has 2 N–H and O–H groups in total. The fourth-order valence-electron chi connectivity index (χ4n) is 3.51. The molecule has 1 aliphatic rings. The van der Waals surface area contributed by atoms with Crippen LogP contribution in [0.2, 0.25) is 5.02 Å². The van der Waals surface area contributed by atoms with Gasteiger partial charge in [-0.1, -0.05) is 23.2 Å². The average Bonchev–Trinajstić information content (AvgIpc) is 2.69. The summed E-state index contributed by atoms with van der Waals surface area (Å²) in [6, 6.07) is 7.47. The van der Waals surface area contributed by atoms with Crippen molar-refractivity contribution < 1.29 is 9.18 Å². The number of hydrogen-bond donors (Lipinski definition) is 2. The fourth-order valence-corrected chi connectivity index (χ4v) is 3.71. The molecule has 0 atom stereocenters. The van der Waals surface area contributed by atoms with Gasteiger partial charge >= 0.3 is 0 Å². The quantitative estimate of drug-likeness (QED) is 0.737. The Bertz CT molecular complexity index is 791. The molecular formula is C21H25ClFN3O. The summed E-state index contributed by atoms with van der Waals surface area (Å²) >= 11 is 6.16. The third kappa shape index (κ3) is 5.42. The van der Waals surface area contributed by atoms with Crippen LogP contribution in [0, 0.1) is 12.8 Å². The molecule has 0 radical (unpaired) electrons. The van der Waals surface area contributed by atoms with Crippen LogP contribution in [0.1, 0.15) is 47.2 Å². The van der Waals surface area contributed by atoms with Crippen LogP contribution in [0.4, 0.5) is 10.1 Å². The van der Waals surface area contributed by atoms with E-state index in [4.69, 9.17) is 11.6 Å². The number of rotatable bonds is 6. The van der Waals surface area contributed by atoms with Crippen molar-refractivity contribution in [2.75, 3.05) is 11.9 Å². The molecular weight excluding hydrogens is 365 g/mol. The Labute approximate surface area is 164 Å². The Balaban J connectivity index is 1.46. The Kier molecular flexibility index (Phi) is 6.67. The number of aromatic nitrogens is 1. The number of amides is 1. The summed E-state index contributed by atoms with van der Waals surface area (Å²) in [4.78, 5) is 16.5. The number of anilines is 1. The summed E-state index contributed by atoms with van der Waals surface area (Å²) in [7, 11) is 0. The summed E-state index contributed by atoms with van der Waals surface area (Å²) in [5, 5.41) is 6.95. The Hall–Kier alpha value is -2.14. The highest BCUT2D eigenvalue weighted by Gasteiger charge is 2.23. The first-order chi connectivity index (χ1) is 13.0. The zero-order valence-corrected chi connectivity index (χ0v) is 16.2. The highest BCUT2D eigenvalue weighted by atomic mass is 35.5. The van der Waals surface area contributed by atoms with Crippen LogP contribution in [0.3, 0.4) is 0 Å². The lowest BCUT2D eigenvalue weighted by Gasteiger charge is -2.29. The number of halogens is 2. The number of nitrogens with one attached hydrogen (secondary N) is 2. The van der Waals surface area contributed by atoms with E-state index in [1.54, 1.807) is 24.5 Å².